The molecule has 0 aliphatic rings. The van der Waals surface area contributed by atoms with Crippen molar-refractivity contribution in [3.8, 4) is 11.8 Å². The Morgan fingerprint density at radius 3 is 3.00 bits per heavy atom. The van der Waals surface area contributed by atoms with Gasteiger partial charge in [0.05, 0.1) is 11.3 Å². The first-order valence-electron chi connectivity index (χ1n) is 2.67. The minimum absolute atomic E-state index is 0.576. The van der Waals surface area contributed by atoms with E-state index in [-0.39, 0.29) is 0 Å². The van der Waals surface area contributed by atoms with Gasteiger partial charge in [0.25, 0.3) is 0 Å². The van der Waals surface area contributed by atoms with Crippen molar-refractivity contribution in [2.75, 3.05) is 5.75 Å². The molecule has 0 aliphatic carbocycles. The highest BCUT2D eigenvalue weighted by Crippen LogP contribution is 2.21. The standard InChI is InChI=1S/C7H5ClS2/c8-7-6(2-1-4-9)3-5-10-7/h3,5,9H,4H2. The number of thiol groups is 1. The van der Waals surface area contributed by atoms with Crippen molar-refractivity contribution in [3.63, 3.8) is 0 Å². The van der Waals surface area contributed by atoms with Crippen LogP contribution in [0, 0.1) is 11.8 Å². The molecule has 1 aromatic heterocycles. The summed E-state index contributed by atoms with van der Waals surface area (Å²) in [6.07, 6.45) is 0. The maximum atomic E-state index is 5.77. The monoisotopic (exact) mass is 188 g/mol. The normalized spacial score (nSPS) is 8.60. The average molecular weight is 189 g/mol. The Kier molecular flexibility index (Phi) is 3.14. The highest BCUT2D eigenvalue weighted by Gasteiger charge is 1.94. The smallest absolute Gasteiger partial charge is 0.108 e. The van der Waals surface area contributed by atoms with Crippen molar-refractivity contribution in [2.24, 2.45) is 0 Å². The molecule has 52 valence electrons. The Morgan fingerprint density at radius 2 is 2.50 bits per heavy atom. The number of hydrogen-bond donors (Lipinski definition) is 1. The number of hydrogen-bond acceptors (Lipinski definition) is 2. The fourth-order valence-corrected chi connectivity index (χ4v) is 1.43. The zero-order chi connectivity index (χ0) is 7.40. The summed E-state index contributed by atoms with van der Waals surface area (Å²) in [7, 11) is 0. The van der Waals surface area contributed by atoms with Crippen molar-refractivity contribution in [1.29, 1.82) is 0 Å². The summed E-state index contributed by atoms with van der Waals surface area (Å²) in [5.41, 5.74) is 0.903. The minimum atomic E-state index is 0.576. The first kappa shape index (κ1) is 8.00. The van der Waals surface area contributed by atoms with Crippen molar-refractivity contribution >= 4 is 35.6 Å². The predicted octanol–water partition coefficient (Wildman–Crippen LogP) is 2.68. The van der Waals surface area contributed by atoms with Gasteiger partial charge in [-0.25, -0.2) is 0 Å². The molecular formula is C7H5ClS2. The van der Waals surface area contributed by atoms with Crippen molar-refractivity contribution in [1.82, 2.24) is 0 Å². The van der Waals surface area contributed by atoms with Crippen LogP contribution in [0.1, 0.15) is 5.56 Å². The summed E-state index contributed by atoms with van der Waals surface area (Å²) in [5.74, 6) is 6.30. The van der Waals surface area contributed by atoms with Gasteiger partial charge in [0, 0.05) is 0 Å². The van der Waals surface area contributed by atoms with Crippen LogP contribution in [0.15, 0.2) is 11.4 Å². The lowest BCUT2D eigenvalue weighted by atomic mass is 10.3. The molecular weight excluding hydrogens is 184 g/mol. The average Bonchev–Trinajstić information content (AvgIpc) is 2.31. The van der Waals surface area contributed by atoms with E-state index in [0.717, 1.165) is 9.90 Å². The second kappa shape index (κ2) is 3.92. The quantitative estimate of drug-likeness (QED) is 0.470. The second-order valence-electron chi connectivity index (χ2n) is 1.57. The van der Waals surface area contributed by atoms with E-state index in [2.05, 4.69) is 24.5 Å². The number of halogens is 1. The zero-order valence-corrected chi connectivity index (χ0v) is 7.56. The van der Waals surface area contributed by atoms with Gasteiger partial charge in [0.2, 0.25) is 0 Å². The Balaban J connectivity index is 2.84. The number of thiophene rings is 1. The Labute approximate surface area is 74.6 Å². The van der Waals surface area contributed by atoms with E-state index in [1.165, 1.54) is 11.3 Å². The van der Waals surface area contributed by atoms with Crippen LogP contribution < -0.4 is 0 Å². The van der Waals surface area contributed by atoms with Crippen LogP contribution in [0.25, 0.3) is 0 Å². The second-order valence-corrected chi connectivity index (χ2v) is 3.40. The zero-order valence-electron chi connectivity index (χ0n) is 5.10. The molecule has 1 aromatic rings. The van der Waals surface area contributed by atoms with Gasteiger partial charge in [-0.2, -0.15) is 12.6 Å². The van der Waals surface area contributed by atoms with E-state index in [0.29, 0.717) is 5.75 Å². The molecule has 1 rings (SSSR count). The molecule has 0 aromatic carbocycles. The van der Waals surface area contributed by atoms with Crippen LogP contribution in [0.4, 0.5) is 0 Å². The molecule has 10 heavy (non-hydrogen) atoms. The highest BCUT2D eigenvalue weighted by molar-refractivity contribution is 7.80. The van der Waals surface area contributed by atoms with Gasteiger partial charge in [-0.15, -0.1) is 11.3 Å². The molecule has 0 bridgehead atoms. The maximum absolute atomic E-state index is 5.77. The molecule has 0 atom stereocenters. The van der Waals surface area contributed by atoms with Gasteiger partial charge in [0.15, 0.2) is 0 Å². The molecule has 0 N–H and O–H groups in total. The van der Waals surface area contributed by atoms with E-state index in [4.69, 9.17) is 11.6 Å². The highest BCUT2D eigenvalue weighted by atomic mass is 35.5. The summed E-state index contributed by atoms with van der Waals surface area (Å²) < 4.78 is 0.759. The lowest BCUT2D eigenvalue weighted by molar-refractivity contribution is 1.83. The van der Waals surface area contributed by atoms with E-state index >= 15 is 0 Å². The molecule has 0 spiro atoms. The van der Waals surface area contributed by atoms with Crippen molar-refractivity contribution < 1.29 is 0 Å². The first-order valence-corrected chi connectivity index (χ1v) is 4.56. The van der Waals surface area contributed by atoms with Crippen LogP contribution in [-0.4, -0.2) is 5.75 Å². The van der Waals surface area contributed by atoms with Crippen LogP contribution >= 0.6 is 35.6 Å². The lowest BCUT2D eigenvalue weighted by Gasteiger charge is -1.79. The first-order chi connectivity index (χ1) is 4.84. The van der Waals surface area contributed by atoms with Gasteiger partial charge >= 0.3 is 0 Å². The maximum Gasteiger partial charge on any atom is 0.108 e. The van der Waals surface area contributed by atoms with Gasteiger partial charge in [-0.3, -0.25) is 0 Å². The Bertz CT molecular complexity index is 267. The third-order valence-electron chi connectivity index (χ3n) is 0.920. The molecule has 0 amide bonds. The van der Waals surface area contributed by atoms with Crippen LogP contribution in [0.3, 0.4) is 0 Å². The molecule has 0 radical (unpaired) electrons. The minimum Gasteiger partial charge on any atom is -0.166 e. The van der Waals surface area contributed by atoms with E-state index < -0.39 is 0 Å². The van der Waals surface area contributed by atoms with Gasteiger partial charge in [-0.05, 0) is 11.4 Å². The predicted molar refractivity (Wildman–Crippen MR) is 50.1 cm³/mol. The Morgan fingerprint density at radius 1 is 1.70 bits per heavy atom. The summed E-state index contributed by atoms with van der Waals surface area (Å²) in [6, 6.07) is 1.91. The van der Waals surface area contributed by atoms with E-state index in [9.17, 15) is 0 Å². The van der Waals surface area contributed by atoms with Crippen LogP contribution in [0.5, 0.6) is 0 Å². The summed E-state index contributed by atoms with van der Waals surface area (Å²) >= 11 is 11.2. The molecule has 0 unspecified atom stereocenters. The molecule has 0 aliphatic heterocycles. The number of rotatable bonds is 0. The third-order valence-corrected chi connectivity index (χ3v) is 2.25. The molecule has 1 heterocycles. The SMILES string of the molecule is SCC#Cc1ccsc1Cl. The van der Waals surface area contributed by atoms with Gasteiger partial charge in [-0.1, -0.05) is 23.4 Å². The third kappa shape index (κ3) is 1.95. The van der Waals surface area contributed by atoms with Crippen LogP contribution in [0.2, 0.25) is 4.34 Å². The summed E-state index contributed by atoms with van der Waals surface area (Å²) in [6.45, 7) is 0. The fraction of sp³-hybridized carbons (Fsp3) is 0.143. The molecule has 0 saturated heterocycles. The van der Waals surface area contributed by atoms with E-state index in [1.54, 1.807) is 0 Å². The van der Waals surface area contributed by atoms with Crippen molar-refractivity contribution in [2.45, 2.75) is 0 Å². The Hall–Kier alpha value is -0.100. The largest absolute Gasteiger partial charge is 0.166 e. The van der Waals surface area contributed by atoms with Crippen molar-refractivity contribution in [3.05, 3.63) is 21.3 Å². The lowest BCUT2D eigenvalue weighted by Crippen LogP contribution is -1.66. The fourth-order valence-electron chi connectivity index (χ4n) is 0.516. The molecule has 0 fully saturated rings. The van der Waals surface area contributed by atoms with E-state index in [1.807, 2.05) is 11.4 Å². The van der Waals surface area contributed by atoms with Crippen LogP contribution in [-0.2, 0) is 0 Å². The molecule has 0 nitrogen and oxygen atoms in total. The van der Waals surface area contributed by atoms with Gasteiger partial charge < -0.3 is 0 Å². The topological polar surface area (TPSA) is 0 Å². The van der Waals surface area contributed by atoms with Gasteiger partial charge in [0.1, 0.15) is 4.34 Å². The summed E-state index contributed by atoms with van der Waals surface area (Å²) in [5, 5.41) is 1.92. The molecule has 3 heteroatoms. The summed E-state index contributed by atoms with van der Waals surface area (Å²) in [4.78, 5) is 0. The molecule has 0 saturated carbocycles.